The van der Waals surface area contributed by atoms with Crippen molar-refractivity contribution in [2.45, 2.75) is 52.1 Å². The van der Waals surface area contributed by atoms with Gasteiger partial charge >= 0.3 is 0 Å². The summed E-state index contributed by atoms with van der Waals surface area (Å²) in [5, 5.41) is 13.0. The minimum absolute atomic E-state index is 0.00327. The van der Waals surface area contributed by atoms with Gasteiger partial charge in [0.25, 0.3) is 0 Å². The van der Waals surface area contributed by atoms with Crippen molar-refractivity contribution in [3.63, 3.8) is 0 Å². The normalized spacial score (nSPS) is 17.4. The van der Waals surface area contributed by atoms with E-state index in [0.29, 0.717) is 45.3 Å². The fourth-order valence-electron chi connectivity index (χ4n) is 2.35. The molecule has 2 amide bonds. The second-order valence-corrected chi connectivity index (χ2v) is 5.43. The highest BCUT2D eigenvalue weighted by Crippen LogP contribution is 2.18. The molecule has 1 heterocycles. The lowest BCUT2D eigenvalue weighted by Crippen LogP contribution is -2.46. The molecule has 0 bridgehead atoms. The molecule has 0 aromatic heterocycles. The maximum absolute atomic E-state index is 12.0. The second kappa shape index (κ2) is 6.89. The van der Waals surface area contributed by atoms with Gasteiger partial charge in [-0.15, -0.1) is 0 Å². The predicted molar refractivity (Wildman–Crippen MR) is 73.5 cm³/mol. The van der Waals surface area contributed by atoms with E-state index in [2.05, 4.69) is 5.32 Å². The second-order valence-electron chi connectivity index (χ2n) is 5.43. The molecule has 1 aliphatic heterocycles. The van der Waals surface area contributed by atoms with Crippen molar-refractivity contribution < 1.29 is 14.7 Å². The van der Waals surface area contributed by atoms with Crippen LogP contribution in [0.4, 0.5) is 0 Å². The fraction of sp³-hybridized carbons (Fsp3) is 0.857. The average molecular weight is 270 g/mol. The van der Waals surface area contributed by atoms with Crippen LogP contribution in [0.3, 0.4) is 0 Å². The van der Waals surface area contributed by atoms with Gasteiger partial charge in [-0.2, -0.15) is 0 Å². The summed E-state index contributed by atoms with van der Waals surface area (Å²) in [6, 6.07) is 0. The summed E-state index contributed by atoms with van der Waals surface area (Å²) >= 11 is 0. The van der Waals surface area contributed by atoms with E-state index >= 15 is 0 Å². The first-order valence-corrected chi connectivity index (χ1v) is 7.17. The molecule has 2 N–H and O–H groups in total. The van der Waals surface area contributed by atoms with Crippen LogP contribution in [0.5, 0.6) is 0 Å². The van der Waals surface area contributed by atoms with Crippen LogP contribution in [-0.4, -0.2) is 47.1 Å². The minimum atomic E-state index is -0.796. The Balaban J connectivity index is 2.38. The van der Waals surface area contributed by atoms with Gasteiger partial charge in [-0.3, -0.25) is 9.59 Å². The van der Waals surface area contributed by atoms with E-state index in [0.717, 1.165) is 0 Å². The van der Waals surface area contributed by atoms with Gasteiger partial charge in [-0.05, 0) is 25.7 Å². The molecule has 0 radical (unpaired) electrons. The summed E-state index contributed by atoms with van der Waals surface area (Å²) in [5.74, 6) is 0.0438. The molecular formula is C14H26N2O3. The van der Waals surface area contributed by atoms with E-state index < -0.39 is 5.60 Å². The van der Waals surface area contributed by atoms with Crippen LogP contribution in [-0.2, 0) is 9.59 Å². The summed E-state index contributed by atoms with van der Waals surface area (Å²) in [6.45, 7) is 7.01. The van der Waals surface area contributed by atoms with E-state index in [-0.39, 0.29) is 17.7 Å². The van der Waals surface area contributed by atoms with Gasteiger partial charge in [0.2, 0.25) is 11.8 Å². The Kier molecular flexibility index (Phi) is 5.79. The lowest BCUT2D eigenvalue weighted by atomic mass is 9.94. The zero-order valence-corrected chi connectivity index (χ0v) is 12.2. The van der Waals surface area contributed by atoms with Crippen molar-refractivity contribution in [1.29, 1.82) is 0 Å². The van der Waals surface area contributed by atoms with Crippen molar-refractivity contribution >= 4 is 11.8 Å². The van der Waals surface area contributed by atoms with Crippen LogP contribution < -0.4 is 5.32 Å². The highest BCUT2D eigenvalue weighted by Gasteiger charge is 2.28. The fourth-order valence-corrected chi connectivity index (χ4v) is 2.35. The first kappa shape index (κ1) is 16.0. The molecule has 1 aliphatic rings. The molecule has 5 nitrogen and oxygen atoms in total. The first-order valence-electron chi connectivity index (χ1n) is 7.17. The predicted octanol–water partition coefficient (Wildman–Crippen LogP) is 0.912. The Morgan fingerprint density at radius 2 is 1.79 bits per heavy atom. The number of hydrogen-bond donors (Lipinski definition) is 2. The zero-order valence-electron chi connectivity index (χ0n) is 12.2. The van der Waals surface area contributed by atoms with Gasteiger partial charge in [0.1, 0.15) is 0 Å². The maximum Gasteiger partial charge on any atom is 0.223 e. The lowest BCUT2D eigenvalue weighted by Gasteiger charge is -2.32. The monoisotopic (exact) mass is 270 g/mol. The Morgan fingerprint density at radius 1 is 1.26 bits per heavy atom. The number of piperidine rings is 1. The molecule has 0 aromatic rings. The van der Waals surface area contributed by atoms with Gasteiger partial charge in [0.05, 0.1) is 5.60 Å². The molecule has 0 unspecified atom stereocenters. The third kappa shape index (κ3) is 4.49. The van der Waals surface area contributed by atoms with E-state index in [1.54, 1.807) is 11.8 Å². The molecular weight excluding hydrogens is 244 g/mol. The number of likely N-dealkylation sites (tertiary alicyclic amines) is 1. The Morgan fingerprint density at radius 3 is 2.21 bits per heavy atom. The molecule has 1 saturated heterocycles. The standard InChI is InChI=1S/C14H26N2O3/c1-4-14(19,5-2)10-15-13(18)12-6-8-16(9-7-12)11(3)17/h12,19H,4-10H2,1-3H3,(H,15,18). The molecule has 0 atom stereocenters. The average Bonchev–Trinajstić information content (AvgIpc) is 2.44. The maximum atomic E-state index is 12.0. The van der Waals surface area contributed by atoms with E-state index in [1.807, 2.05) is 13.8 Å². The smallest absolute Gasteiger partial charge is 0.223 e. The number of aliphatic hydroxyl groups is 1. The largest absolute Gasteiger partial charge is 0.388 e. The highest BCUT2D eigenvalue weighted by atomic mass is 16.3. The molecule has 110 valence electrons. The Labute approximate surface area is 115 Å². The molecule has 1 fully saturated rings. The van der Waals surface area contributed by atoms with Crippen LogP contribution in [0, 0.1) is 5.92 Å². The number of nitrogens with one attached hydrogen (secondary N) is 1. The Hall–Kier alpha value is -1.10. The van der Waals surface area contributed by atoms with Crippen molar-refractivity contribution in [2.75, 3.05) is 19.6 Å². The molecule has 19 heavy (non-hydrogen) atoms. The van der Waals surface area contributed by atoms with E-state index in [9.17, 15) is 14.7 Å². The van der Waals surface area contributed by atoms with Gasteiger partial charge in [0.15, 0.2) is 0 Å². The third-order valence-electron chi connectivity index (χ3n) is 4.22. The summed E-state index contributed by atoms with van der Waals surface area (Å²) in [7, 11) is 0. The topological polar surface area (TPSA) is 69.6 Å². The highest BCUT2D eigenvalue weighted by molar-refractivity contribution is 5.79. The first-order chi connectivity index (χ1) is 8.91. The summed E-state index contributed by atoms with van der Waals surface area (Å²) in [6.07, 6.45) is 2.68. The Bertz CT molecular complexity index is 319. The van der Waals surface area contributed by atoms with Crippen molar-refractivity contribution in [3.05, 3.63) is 0 Å². The van der Waals surface area contributed by atoms with Gasteiger partial charge in [-0.25, -0.2) is 0 Å². The summed E-state index contributed by atoms with van der Waals surface area (Å²) in [4.78, 5) is 25.0. The number of carbonyl (C=O) groups excluding carboxylic acids is 2. The van der Waals surface area contributed by atoms with Gasteiger partial charge in [-0.1, -0.05) is 13.8 Å². The van der Waals surface area contributed by atoms with Crippen molar-refractivity contribution in [1.82, 2.24) is 10.2 Å². The number of carbonyl (C=O) groups is 2. The van der Waals surface area contributed by atoms with Crippen LogP contribution >= 0.6 is 0 Å². The summed E-state index contributed by atoms with van der Waals surface area (Å²) < 4.78 is 0. The number of hydrogen-bond acceptors (Lipinski definition) is 3. The molecule has 1 rings (SSSR count). The van der Waals surface area contributed by atoms with Crippen LogP contribution in [0.25, 0.3) is 0 Å². The lowest BCUT2D eigenvalue weighted by molar-refractivity contribution is -0.134. The zero-order chi connectivity index (χ0) is 14.5. The number of nitrogens with zero attached hydrogens (tertiary/aromatic N) is 1. The van der Waals surface area contributed by atoms with E-state index in [1.165, 1.54) is 0 Å². The molecule has 0 saturated carbocycles. The van der Waals surface area contributed by atoms with Crippen molar-refractivity contribution in [3.8, 4) is 0 Å². The molecule has 0 spiro atoms. The third-order valence-corrected chi connectivity index (χ3v) is 4.22. The van der Waals surface area contributed by atoms with Crippen molar-refractivity contribution in [2.24, 2.45) is 5.92 Å². The minimum Gasteiger partial charge on any atom is -0.388 e. The van der Waals surface area contributed by atoms with Gasteiger partial charge < -0.3 is 15.3 Å². The van der Waals surface area contributed by atoms with Crippen LogP contribution in [0.1, 0.15) is 46.5 Å². The van der Waals surface area contributed by atoms with Gasteiger partial charge in [0, 0.05) is 32.5 Å². The van der Waals surface area contributed by atoms with Crippen LogP contribution in [0.2, 0.25) is 0 Å². The molecule has 0 aliphatic carbocycles. The quantitative estimate of drug-likeness (QED) is 0.780. The van der Waals surface area contributed by atoms with E-state index in [4.69, 9.17) is 0 Å². The SMILES string of the molecule is CCC(O)(CC)CNC(=O)C1CCN(C(C)=O)CC1. The molecule has 0 aromatic carbocycles. The number of amides is 2. The number of rotatable bonds is 5. The van der Waals surface area contributed by atoms with Crippen LogP contribution in [0.15, 0.2) is 0 Å². The molecule has 5 heteroatoms. The summed E-state index contributed by atoms with van der Waals surface area (Å²) in [5.41, 5.74) is -0.796.